The van der Waals surface area contributed by atoms with Crippen LogP contribution in [0.5, 0.6) is 0 Å². The van der Waals surface area contributed by atoms with Gasteiger partial charge in [0.15, 0.2) is 0 Å². The molecule has 0 fully saturated rings. The van der Waals surface area contributed by atoms with Gasteiger partial charge in [0.05, 0.1) is 0 Å². The molecule has 0 bridgehead atoms. The molecule has 0 radical (unpaired) electrons. The summed E-state index contributed by atoms with van der Waals surface area (Å²) in [6.07, 6.45) is 0. The minimum absolute atomic E-state index is 0.222. The molecule has 0 heterocycles. The van der Waals surface area contributed by atoms with Crippen LogP contribution in [0, 0.1) is 26.6 Å². The topological polar surface area (TPSA) is 26.0 Å². The van der Waals surface area contributed by atoms with Crippen LogP contribution in [-0.2, 0) is 0 Å². The molecular formula is C15H16FN. The first-order chi connectivity index (χ1) is 8.00. The molecule has 0 aliphatic carbocycles. The molecule has 0 spiro atoms. The molecule has 0 aliphatic heterocycles. The zero-order valence-corrected chi connectivity index (χ0v) is 10.3. The number of nitrogens with two attached hydrogens (primary N) is 1. The third kappa shape index (κ3) is 2.03. The fourth-order valence-corrected chi connectivity index (χ4v) is 2.29. The minimum Gasteiger partial charge on any atom is -0.398 e. The second-order valence-electron chi connectivity index (χ2n) is 4.43. The Morgan fingerprint density at radius 1 is 1.00 bits per heavy atom. The summed E-state index contributed by atoms with van der Waals surface area (Å²) in [5.74, 6) is -0.222. The van der Waals surface area contributed by atoms with E-state index in [2.05, 4.69) is 0 Å². The number of hydrogen-bond acceptors (Lipinski definition) is 1. The Balaban J connectivity index is 2.72. The molecule has 2 heteroatoms. The summed E-state index contributed by atoms with van der Waals surface area (Å²) in [5, 5.41) is 0. The Morgan fingerprint density at radius 2 is 1.71 bits per heavy atom. The van der Waals surface area contributed by atoms with E-state index in [9.17, 15) is 4.39 Å². The lowest BCUT2D eigenvalue weighted by molar-refractivity contribution is 0.628. The first-order valence-corrected chi connectivity index (χ1v) is 5.63. The highest BCUT2D eigenvalue weighted by Crippen LogP contribution is 2.32. The van der Waals surface area contributed by atoms with Crippen LogP contribution in [0.15, 0.2) is 30.3 Å². The third-order valence-electron chi connectivity index (χ3n) is 3.14. The first kappa shape index (κ1) is 11.6. The Morgan fingerprint density at radius 3 is 2.35 bits per heavy atom. The van der Waals surface area contributed by atoms with E-state index in [0.29, 0.717) is 0 Å². The van der Waals surface area contributed by atoms with Gasteiger partial charge in [-0.15, -0.1) is 0 Å². The molecule has 0 atom stereocenters. The zero-order chi connectivity index (χ0) is 12.6. The largest absolute Gasteiger partial charge is 0.398 e. The molecule has 0 aromatic heterocycles. The van der Waals surface area contributed by atoms with Crippen molar-refractivity contribution in [2.24, 2.45) is 0 Å². The number of nitrogen functional groups attached to an aromatic ring is 1. The molecule has 1 nitrogen and oxygen atoms in total. The minimum atomic E-state index is -0.222. The van der Waals surface area contributed by atoms with Crippen molar-refractivity contribution in [2.45, 2.75) is 20.8 Å². The number of halogens is 1. The van der Waals surface area contributed by atoms with Crippen molar-refractivity contribution in [2.75, 3.05) is 5.73 Å². The van der Waals surface area contributed by atoms with Crippen molar-refractivity contribution in [1.82, 2.24) is 0 Å². The standard InChI is InChI=1S/C15H16FN/c1-9-7-10(2)15(17)11(3)14(9)12-5-4-6-13(16)8-12/h4-8H,17H2,1-3H3. The molecule has 2 N–H and O–H groups in total. The summed E-state index contributed by atoms with van der Waals surface area (Å²) >= 11 is 0. The molecule has 2 aromatic carbocycles. The zero-order valence-electron chi connectivity index (χ0n) is 10.3. The van der Waals surface area contributed by atoms with E-state index in [4.69, 9.17) is 5.73 Å². The molecule has 0 saturated heterocycles. The third-order valence-corrected chi connectivity index (χ3v) is 3.14. The van der Waals surface area contributed by atoms with Crippen molar-refractivity contribution < 1.29 is 4.39 Å². The van der Waals surface area contributed by atoms with Gasteiger partial charge in [-0.1, -0.05) is 18.2 Å². The fraction of sp³-hybridized carbons (Fsp3) is 0.200. The van der Waals surface area contributed by atoms with Crippen LogP contribution in [0.25, 0.3) is 11.1 Å². The van der Waals surface area contributed by atoms with E-state index in [1.54, 1.807) is 12.1 Å². The first-order valence-electron chi connectivity index (χ1n) is 5.63. The van der Waals surface area contributed by atoms with Gasteiger partial charge in [0.2, 0.25) is 0 Å². The van der Waals surface area contributed by atoms with Gasteiger partial charge in [0.1, 0.15) is 5.82 Å². The van der Waals surface area contributed by atoms with E-state index in [0.717, 1.165) is 33.5 Å². The molecule has 0 aliphatic rings. The van der Waals surface area contributed by atoms with E-state index >= 15 is 0 Å². The number of benzene rings is 2. The second kappa shape index (κ2) is 4.21. The number of aryl methyl sites for hydroxylation is 2. The molecule has 0 amide bonds. The van der Waals surface area contributed by atoms with Crippen LogP contribution in [0.4, 0.5) is 10.1 Å². The van der Waals surface area contributed by atoms with Crippen LogP contribution >= 0.6 is 0 Å². The average molecular weight is 229 g/mol. The normalized spacial score (nSPS) is 10.6. The molecule has 0 saturated carbocycles. The lowest BCUT2D eigenvalue weighted by Crippen LogP contribution is -1.98. The highest BCUT2D eigenvalue weighted by Gasteiger charge is 2.10. The molecule has 2 aromatic rings. The van der Waals surface area contributed by atoms with Crippen LogP contribution in [0.3, 0.4) is 0 Å². The average Bonchev–Trinajstić information content (AvgIpc) is 2.26. The van der Waals surface area contributed by atoms with E-state index in [-0.39, 0.29) is 5.82 Å². The highest BCUT2D eigenvalue weighted by atomic mass is 19.1. The summed E-state index contributed by atoms with van der Waals surface area (Å²) < 4.78 is 13.3. The Labute approximate surface area is 101 Å². The van der Waals surface area contributed by atoms with E-state index < -0.39 is 0 Å². The molecular weight excluding hydrogens is 213 g/mol. The van der Waals surface area contributed by atoms with Gasteiger partial charge in [0, 0.05) is 5.69 Å². The van der Waals surface area contributed by atoms with Gasteiger partial charge in [0.25, 0.3) is 0 Å². The van der Waals surface area contributed by atoms with Crippen LogP contribution < -0.4 is 5.73 Å². The van der Waals surface area contributed by atoms with Crippen LogP contribution in [0.2, 0.25) is 0 Å². The lowest BCUT2D eigenvalue weighted by atomic mass is 9.92. The number of hydrogen-bond donors (Lipinski definition) is 1. The van der Waals surface area contributed by atoms with Gasteiger partial charge in [-0.3, -0.25) is 0 Å². The van der Waals surface area contributed by atoms with Crippen molar-refractivity contribution in [1.29, 1.82) is 0 Å². The predicted molar refractivity (Wildman–Crippen MR) is 70.5 cm³/mol. The van der Waals surface area contributed by atoms with Gasteiger partial charge in [-0.2, -0.15) is 0 Å². The fourth-order valence-electron chi connectivity index (χ4n) is 2.29. The molecule has 88 valence electrons. The van der Waals surface area contributed by atoms with E-state index in [1.165, 1.54) is 6.07 Å². The van der Waals surface area contributed by atoms with Gasteiger partial charge in [-0.25, -0.2) is 4.39 Å². The van der Waals surface area contributed by atoms with Gasteiger partial charge < -0.3 is 5.73 Å². The summed E-state index contributed by atoms with van der Waals surface area (Å²) in [6.45, 7) is 6.00. The Kier molecular flexibility index (Phi) is 2.88. The highest BCUT2D eigenvalue weighted by molar-refractivity contribution is 5.77. The van der Waals surface area contributed by atoms with Gasteiger partial charge >= 0.3 is 0 Å². The summed E-state index contributed by atoms with van der Waals surface area (Å²) in [7, 11) is 0. The Hall–Kier alpha value is -1.83. The molecule has 0 unspecified atom stereocenters. The van der Waals surface area contributed by atoms with Crippen molar-refractivity contribution in [3.63, 3.8) is 0 Å². The second-order valence-corrected chi connectivity index (χ2v) is 4.43. The van der Waals surface area contributed by atoms with Crippen molar-refractivity contribution in [3.05, 3.63) is 52.8 Å². The molecule has 17 heavy (non-hydrogen) atoms. The quantitative estimate of drug-likeness (QED) is 0.735. The summed E-state index contributed by atoms with van der Waals surface area (Å²) in [6, 6.07) is 8.67. The lowest BCUT2D eigenvalue weighted by Gasteiger charge is -2.15. The van der Waals surface area contributed by atoms with Crippen LogP contribution in [-0.4, -0.2) is 0 Å². The Bertz CT molecular complexity index is 573. The summed E-state index contributed by atoms with van der Waals surface area (Å²) in [5.41, 5.74) is 12.0. The van der Waals surface area contributed by atoms with Crippen LogP contribution in [0.1, 0.15) is 16.7 Å². The maximum Gasteiger partial charge on any atom is 0.123 e. The van der Waals surface area contributed by atoms with Crippen molar-refractivity contribution in [3.8, 4) is 11.1 Å². The smallest absolute Gasteiger partial charge is 0.123 e. The monoisotopic (exact) mass is 229 g/mol. The van der Waals surface area contributed by atoms with Crippen molar-refractivity contribution >= 4 is 5.69 Å². The number of anilines is 1. The predicted octanol–water partition coefficient (Wildman–Crippen LogP) is 4.00. The summed E-state index contributed by atoms with van der Waals surface area (Å²) in [4.78, 5) is 0. The maximum absolute atomic E-state index is 13.3. The SMILES string of the molecule is Cc1cc(C)c(-c2cccc(F)c2)c(C)c1N. The maximum atomic E-state index is 13.3. The van der Waals surface area contributed by atoms with Gasteiger partial charge in [-0.05, 0) is 60.7 Å². The number of rotatable bonds is 1. The molecule has 2 rings (SSSR count). The van der Waals surface area contributed by atoms with E-state index in [1.807, 2.05) is 32.9 Å².